The highest BCUT2D eigenvalue weighted by Crippen LogP contribution is 2.40. The highest BCUT2D eigenvalue weighted by Gasteiger charge is 2.53. The molecular weight excluding hydrogens is 357 g/mol. The van der Waals surface area contributed by atoms with Gasteiger partial charge in [-0.25, -0.2) is 0 Å². The number of halogens is 3. The molecule has 2 aromatic rings. The Bertz CT molecular complexity index is 891. The molecule has 3 rings (SSSR count). The largest absolute Gasteiger partial charge is 0.431 e. The molecule has 1 aliphatic heterocycles. The second-order valence-electron chi connectivity index (χ2n) is 6.57. The Hall–Kier alpha value is -2.67. The third kappa shape index (κ3) is 3.60. The fourth-order valence-electron chi connectivity index (χ4n) is 3.05. The highest BCUT2D eigenvalue weighted by molar-refractivity contribution is 6.00. The summed E-state index contributed by atoms with van der Waals surface area (Å²) in [6, 6.07) is 12.9. The van der Waals surface area contributed by atoms with E-state index in [1.165, 1.54) is 18.2 Å². The summed E-state index contributed by atoms with van der Waals surface area (Å²) in [6.45, 7) is 3.71. The number of rotatable bonds is 3. The summed E-state index contributed by atoms with van der Waals surface area (Å²) in [6.07, 6.45) is -4.81. The van der Waals surface area contributed by atoms with Crippen molar-refractivity contribution in [2.45, 2.75) is 38.6 Å². The predicted octanol–water partition coefficient (Wildman–Crippen LogP) is 4.17. The minimum atomic E-state index is -4.74. The van der Waals surface area contributed by atoms with Crippen molar-refractivity contribution in [3.63, 3.8) is 0 Å². The van der Waals surface area contributed by atoms with Crippen LogP contribution in [0.5, 0.6) is 0 Å². The molecule has 27 heavy (non-hydrogen) atoms. The van der Waals surface area contributed by atoms with Crippen LogP contribution in [-0.2, 0) is 12.1 Å². The van der Waals surface area contributed by atoms with E-state index >= 15 is 0 Å². The maximum atomic E-state index is 13.3. The van der Waals surface area contributed by atoms with Gasteiger partial charge in [-0.3, -0.25) is 4.79 Å². The zero-order chi connectivity index (χ0) is 19.8. The lowest BCUT2D eigenvalue weighted by Gasteiger charge is -2.31. The molecule has 0 aliphatic carbocycles. The molecule has 142 valence electrons. The van der Waals surface area contributed by atoms with Gasteiger partial charge in [-0.05, 0) is 31.0 Å². The molecule has 0 aromatic heterocycles. The first-order chi connectivity index (χ1) is 12.6. The second-order valence-corrected chi connectivity index (χ2v) is 6.57. The van der Waals surface area contributed by atoms with Crippen LogP contribution in [-0.4, -0.2) is 27.9 Å². The van der Waals surface area contributed by atoms with E-state index in [-0.39, 0.29) is 11.1 Å². The number of carbonyl (C=O) groups excluding carboxylic acids is 1. The maximum absolute atomic E-state index is 13.3. The number of hydrazone groups is 1. The van der Waals surface area contributed by atoms with Crippen LogP contribution < -0.4 is 0 Å². The van der Waals surface area contributed by atoms with Crippen molar-refractivity contribution < 1.29 is 23.1 Å². The lowest BCUT2D eigenvalue weighted by atomic mass is 9.95. The molecule has 1 unspecified atom stereocenters. The average Bonchev–Trinajstić information content (AvgIpc) is 3.00. The van der Waals surface area contributed by atoms with Gasteiger partial charge in [-0.2, -0.15) is 23.3 Å². The lowest BCUT2D eigenvalue weighted by molar-refractivity contribution is -0.0816. The van der Waals surface area contributed by atoms with Crippen molar-refractivity contribution in [2.75, 3.05) is 0 Å². The maximum Gasteiger partial charge on any atom is 0.431 e. The molecule has 4 nitrogen and oxygen atoms in total. The Morgan fingerprint density at radius 3 is 2.44 bits per heavy atom. The molecule has 1 heterocycles. The summed E-state index contributed by atoms with van der Waals surface area (Å²) in [5.41, 5.74) is -1.30. The number of alkyl halides is 3. The van der Waals surface area contributed by atoms with E-state index in [1.54, 1.807) is 37.3 Å². The minimum Gasteiger partial charge on any atom is -0.365 e. The van der Waals surface area contributed by atoms with Crippen LogP contribution in [0.1, 0.15) is 40.4 Å². The first kappa shape index (κ1) is 19.1. The molecule has 0 saturated carbocycles. The molecule has 0 saturated heterocycles. The summed E-state index contributed by atoms with van der Waals surface area (Å²) in [5, 5.41) is 15.1. The van der Waals surface area contributed by atoms with Crippen molar-refractivity contribution in [3.05, 3.63) is 70.8 Å². The number of nitrogens with zero attached hydrogens (tertiary/aromatic N) is 2. The van der Waals surface area contributed by atoms with Crippen LogP contribution in [0.2, 0.25) is 0 Å². The van der Waals surface area contributed by atoms with Crippen molar-refractivity contribution in [2.24, 2.45) is 5.10 Å². The second kappa shape index (κ2) is 6.81. The van der Waals surface area contributed by atoms with E-state index in [0.29, 0.717) is 5.01 Å². The Balaban J connectivity index is 2.06. The van der Waals surface area contributed by atoms with Gasteiger partial charge in [0.25, 0.3) is 5.91 Å². The van der Waals surface area contributed by atoms with E-state index in [4.69, 9.17) is 0 Å². The Morgan fingerprint density at radius 2 is 1.89 bits per heavy atom. The van der Waals surface area contributed by atoms with E-state index < -0.39 is 29.9 Å². The molecule has 1 atom stereocenters. The number of hydrogen-bond donors (Lipinski definition) is 1. The van der Waals surface area contributed by atoms with Crippen LogP contribution in [0, 0.1) is 6.92 Å². The van der Waals surface area contributed by atoms with Crippen LogP contribution in [0.3, 0.4) is 0 Å². The normalized spacial score (nSPS) is 19.9. The average molecular weight is 376 g/mol. The van der Waals surface area contributed by atoms with E-state index in [1.807, 2.05) is 6.92 Å². The fraction of sp³-hybridized carbons (Fsp3) is 0.300. The molecule has 0 fully saturated rings. The summed E-state index contributed by atoms with van der Waals surface area (Å²) < 4.78 is 39.8. The van der Waals surface area contributed by atoms with Crippen LogP contribution in [0.15, 0.2) is 53.6 Å². The zero-order valence-electron chi connectivity index (χ0n) is 14.9. The van der Waals surface area contributed by atoms with E-state index in [2.05, 4.69) is 5.10 Å². The van der Waals surface area contributed by atoms with Crippen molar-refractivity contribution in [1.29, 1.82) is 0 Å². The van der Waals surface area contributed by atoms with Gasteiger partial charge >= 0.3 is 6.18 Å². The third-order valence-corrected chi connectivity index (χ3v) is 4.59. The Morgan fingerprint density at radius 1 is 1.22 bits per heavy atom. The lowest BCUT2D eigenvalue weighted by Crippen LogP contribution is -2.43. The van der Waals surface area contributed by atoms with Crippen LogP contribution >= 0.6 is 0 Å². The molecule has 0 radical (unpaired) electrons. The minimum absolute atomic E-state index is 0.158. The number of aliphatic hydroxyl groups is 1. The van der Waals surface area contributed by atoms with Crippen LogP contribution in [0.4, 0.5) is 13.2 Å². The Kier molecular flexibility index (Phi) is 4.82. The molecule has 1 aliphatic rings. The van der Waals surface area contributed by atoms with Crippen molar-refractivity contribution >= 4 is 11.6 Å². The van der Waals surface area contributed by atoms with Gasteiger partial charge in [-0.1, -0.05) is 48.9 Å². The number of hydrogen-bond acceptors (Lipinski definition) is 3. The summed E-state index contributed by atoms with van der Waals surface area (Å²) in [7, 11) is 0. The van der Waals surface area contributed by atoms with Crippen LogP contribution in [0.25, 0.3) is 0 Å². The van der Waals surface area contributed by atoms with Crippen molar-refractivity contribution in [3.8, 4) is 0 Å². The predicted molar refractivity (Wildman–Crippen MR) is 95.2 cm³/mol. The topological polar surface area (TPSA) is 52.9 Å². The van der Waals surface area contributed by atoms with Gasteiger partial charge < -0.3 is 5.11 Å². The van der Waals surface area contributed by atoms with Gasteiger partial charge in [0, 0.05) is 11.1 Å². The third-order valence-electron chi connectivity index (χ3n) is 4.59. The van der Waals surface area contributed by atoms with Crippen molar-refractivity contribution in [1.82, 2.24) is 5.01 Å². The molecule has 0 bridgehead atoms. The summed E-state index contributed by atoms with van der Waals surface area (Å²) >= 11 is 0. The molecule has 2 aromatic carbocycles. The smallest absolute Gasteiger partial charge is 0.365 e. The quantitative estimate of drug-likeness (QED) is 0.874. The zero-order valence-corrected chi connectivity index (χ0v) is 14.9. The standard InChI is InChI=1S/C20H19F3N2O2/c1-3-14-7-9-16(10-8-14)19(27)12-17(20(21,22)23)24-25(19)18(26)15-6-4-5-13(2)11-15/h4-11,27H,3,12H2,1-2H3. The summed E-state index contributed by atoms with van der Waals surface area (Å²) in [4.78, 5) is 12.9. The number of benzene rings is 2. The molecule has 1 N–H and O–H groups in total. The fourth-order valence-corrected chi connectivity index (χ4v) is 3.05. The number of carbonyl (C=O) groups is 1. The van der Waals surface area contributed by atoms with Gasteiger partial charge in [0.2, 0.25) is 0 Å². The van der Waals surface area contributed by atoms with Gasteiger partial charge in [0.15, 0.2) is 5.72 Å². The van der Waals surface area contributed by atoms with Gasteiger partial charge in [-0.15, -0.1) is 0 Å². The molecule has 7 heteroatoms. The monoisotopic (exact) mass is 376 g/mol. The first-order valence-electron chi connectivity index (χ1n) is 8.53. The Labute approximate surface area is 154 Å². The van der Waals surface area contributed by atoms with E-state index in [0.717, 1.165) is 17.5 Å². The van der Waals surface area contributed by atoms with E-state index in [9.17, 15) is 23.1 Å². The first-order valence-corrected chi connectivity index (χ1v) is 8.53. The number of aryl methyl sites for hydroxylation is 2. The van der Waals surface area contributed by atoms with Gasteiger partial charge in [0.1, 0.15) is 5.71 Å². The van der Waals surface area contributed by atoms with Gasteiger partial charge in [0.05, 0.1) is 6.42 Å². The SMILES string of the molecule is CCc1ccc(C2(O)CC(C(F)(F)F)=NN2C(=O)c2cccc(C)c2)cc1. The molecule has 1 amide bonds. The highest BCUT2D eigenvalue weighted by atomic mass is 19.4. The molecule has 0 spiro atoms. The number of amides is 1. The molecular formula is C20H19F3N2O2. The summed E-state index contributed by atoms with van der Waals surface area (Å²) in [5.74, 6) is -0.792.